The second-order valence-electron chi connectivity index (χ2n) is 27.1. The molecule has 0 spiro atoms. The van der Waals surface area contributed by atoms with E-state index in [2.05, 4.69) is 175 Å². The Morgan fingerprint density at radius 2 is 0.768 bits per heavy atom. The van der Waals surface area contributed by atoms with Crippen LogP contribution in [0, 0.1) is 27.7 Å². The second-order valence-corrected chi connectivity index (χ2v) is 33.0. The number of ether oxygens (including phenoxy) is 2. The molecule has 6 saturated heterocycles. The summed E-state index contributed by atoms with van der Waals surface area (Å²) in [6.45, 7) is 15.9. The summed E-state index contributed by atoms with van der Waals surface area (Å²) in [6, 6.07) is 59.9. The molecule has 7 aromatic rings. The summed E-state index contributed by atoms with van der Waals surface area (Å²) in [7, 11) is -6.48. The number of sulfonamides is 3. The summed E-state index contributed by atoms with van der Waals surface area (Å²) < 4.78 is 92.6. The van der Waals surface area contributed by atoms with Crippen molar-refractivity contribution in [2.75, 3.05) is 105 Å². The molecule has 6 aliphatic rings. The van der Waals surface area contributed by atoms with Crippen molar-refractivity contribution in [3.05, 3.63) is 209 Å². The molecule has 0 saturated carbocycles. The number of aliphatic hydroxyl groups excluding tert-OH is 1. The Morgan fingerprint density at radius 1 is 0.400 bits per heavy atom. The van der Waals surface area contributed by atoms with E-state index in [1.54, 1.807) is 33.2 Å². The van der Waals surface area contributed by atoms with Gasteiger partial charge < -0.3 is 14.6 Å². The average Bonchev–Trinajstić information content (AvgIpc) is 0.752. The number of methoxy groups -OCH3 is 2. The third kappa shape index (κ3) is 15.7. The van der Waals surface area contributed by atoms with Gasteiger partial charge in [0.05, 0.1) is 37.2 Å². The number of nitrogens with zero attached hydrogens (tertiary/aromatic N) is 6. The molecule has 6 aliphatic heterocycles. The summed E-state index contributed by atoms with van der Waals surface area (Å²) >= 11 is 0. The van der Waals surface area contributed by atoms with Gasteiger partial charge in [-0.15, -0.1) is 0 Å². The molecule has 13 rings (SSSR count). The Kier molecular flexibility index (Phi) is 22.8. The van der Waals surface area contributed by atoms with Gasteiger partial charge in [-0.2, -0.15) is 4.31 Å². The Hall–Kier alpha value is -5.97. The first-order chi connectivity index (χ1) is 45.7. The van der Waals surface area contributed by atoms with E-state index in [4.69, 9.17) is 9.47 Å². The highest BCUT2D eigenvalue weighted by Crippen LogP contribution is 2.46. The van der Waals surface area contributed by atoms with Crippen molar-refractivity contribution in [2.24, 2.45) is 0 Å². The van der Waals surface area contributed by atoms with Gasteiger partial charge in [0.25, 0.3) is 0 Å². The number of aliphatic hydroxyl groups is 1. The van der Waals surface area contributed by atoms with Crippen LogP contribution in [0.3, 0.4) is 0 Å². The number of benzene rings is 7. The Balaban J connectivity index is 0.000000146. The zero-order chi connectivity index (χ0) is 67.2. The van der Waals surface area contributed by atoms with Crippen LogP contribution < -0.4 is 0 Å². The topological polar surface area (TPSA) is 161 Å². The molecular weight excluding hydrogens is 1250 g/mol. The van der Waals surface area contributed by atoms with Gasteiger partial charge in [-0.3, -0.25) is 14.7 Å². The highest BCUT2D eigenvalue weighted by atomic mass is 32.2. The molecule has 9 atom stereocenters. The van der Waals surface area contributed by atoms with Crippen LogP contribution in [0.4, 0.5) is 0 Å². The standard InChI is InChI=1S/C30H36N2O3S.C24H32N2O3S.C23H30N2O3S/c1-22-9-8-11-26(19-22)24-13-15-25(16-14-24)30-27-20-31(17-6-7-18-32(27)28(30)21-35-3)36(33,34)29-12-5-4-10-23(29)2;1-18-8-4-5-9-21(18)19-10-12-20(13-11-19)24-22-16-25(30(3,27)28)14-6-7-15-26(22)23(24)17-29-2;1-17-7-3-4-8-20(17)18-9-11-19(12-10-18)23-21-15-24(29(2,27)28)13-5-6-14-25(21)22(23)16-26/h4-5,8-16,19,27-28,30H,6-7,17-18,20-21H2,1-3H3;4-5,8-13,22-24H,6-7,14-17H2,1-3H3;3-4,7-12,21-23,26H,5-6,13-16H2,1-2H3/t27-,28+,30-;22-,23+,24-;21-,22+,23-/m000/s1. The smallest absolute Gasteiger partial charge is 0.243 e. The molecule has 0 aliphatic carbocycles. The van der Waals surface area contributed by atoms with Gasteiger partial charge in [0, 0.05) is 107 Å². The molecule has 0 aromatic heterocycles. The quantitative estimate of drug-likeness (QED) is 0.104. The molecule has 6 fully saturated rings. The predicted octanol–water partition coefficient (Wildman–Crippen LogP) is 11.6. The van der Waals surface area contributed by atoms with Crippen molar-refractivity contribution < 1.29 is 39.8 Å². The maximum absolute atomic E-state index is 13.7. The van der Waals surface area contributed by atoms with Crippen LogP contribution in [-0.4, -0.2) is 200 Å². The van der Waals surface area contributed by atoms with Crippen molar-refractivity contribution in [3.8, 4) is 33.4 Å². The zero-order valence-corrected chi connectivity index (χ0v) is 59.2. The molecule has 18 heteroatoms. The van der Waals surface area contributed by atoms with E-state index in [0.29, 0.717) is 63.4 Å². The largest absolute Gasteiger partial charge is 0.395 e. The van der Waals surface area contributed by atoms with E-state index in [-0.39, 0.29) is 54.6 Å². The Morgan fingerprint density at radius 3 is 1.17 bits per heavy atom. The van der Waals surface area contributed by atoms with E-state index >= 15 is 0 Å². The molecule has 1 N–H and O–H groups in total. The summed E-state index contributed by atoms with van der Waals surface area (Å²) in [5, 5.41) is 10.0. The SMILES string of the molecule is COC[C@@H]1[C@@H](c2ccc(-c3cccc(C)c3)cc2)[C@@H]2CN(S(=O)(=O)c3ccccc3C)CCCCN12.COC[C@@H]1[C@@H](c2ccc(-c3ccccc3C)cc2)[C@@H]2CN(S(C)(=O)=O)CCCCN12.Cc1ccccc1-c1ccc([C@@H]2[C@@H](CO)N3CCCCN(S(C)(=O)=O)C[C@@H]23)cc1. The molecular formula is C77H98N6O9S3. The van der Waals surface area contributed by atoms with Gasteiger partial charge in [0.2, 0.25) is 30.1 Å². The van der Waals surface area contributed by atoms with Crippen molar-refractivity contribution in [2.45, 2.75) is 125 Å². The van der Waals surface area contributed by atoms with E-state index in [1.807, 2.05) is 31.2 Å². The van der Waals surface area contributed by atoms with Crippen molar-refractivity contribution in [1.82, 2.24) is 27.6 Å². The fraction of sp³-hybridized carbons (Fsp3) is 0.455. The lowest BCUT2D eigenvalue weighted by molar-refractivity contribution is -0.0635. The van der Waals surface area contributed by atoms with Crippen molar-refractivity contribution in [3.63, 3.8) is 0 Å². The van der Waals surface area contributed by atoms with Crippen LogP contribution in [-0.2, 0) is 39.5 Å². The summed E-state index contributed by atoms with van der Waals surface area (Å²) in [5.74, 6) is 0.649. The fourth-order valence-corrected chi connectivity index (χ4v) is 19.6. The van der Waals surface area contributed by atoms with E-state index in [9.17, 15) is 30.4 Å². The molecule has 0 bridgehead atoms. The molecule has 508 valence electrons. The van der Waals surface area contributed by atoms with Gasteiger partial charge in [-0.25, -0.2) is 33.9 Å². The number of hydrogen-bond donors (Lipinski definition) is 1. The van der Waals surface area contributed by atoms with Gasteiger partial charge in [0.1, 0.15) is 0 Å². The van der Waals surface area contributed by atoms with Crippen LogP contribution in [0.5, 0.6) is 0 Å². The summed E-state index contributed by atoms with van der Waals surface area (Å²) in [4.78, 5) is 7.66. The fourth-order valence-electron chi connectivity index (χ4n) is 16.1. The monoisotopic (exact) mass is 1350 g/mol. The lowest BCUT2D eigenvalue weighted by Crippen LogP contribution is -2.68. The average molecular weight is 1350 g/mol. The third-order valence-corrected chi connectivity index (χ3v) is 25.7. The second kappa shape index (κ2) is 30.8. The maximum Gasteiger partial charge on any atom is 0.243 e. The minimum atomic E-state index is -3.56. The Bertz CT molecular complexity index is 4060. The van der Waals surface area contributed by atoms with Gasteiger partial charge in [-0.1, -0.05) is 169 Å². The third-order valence-electron chi connectivity index (χ3n) is 21.1. The van der Waals surface area contributed by atoms with Crippen LogP contribution in [0.2, 0.25) is 0 Å². The van der Waals surface area contributed by atoms with Crippen LogP contribution in [0.25, 0.3) is 33.4 Å². The normalized spacial score (nSPS) is 25.0. The minimum Gasteiger partial charge on any atom is -0.395 e. The maximum atomic E-state index is 13.7. The summed E-state index contributed by atoms with van der Waals surface area (Å²) in [5.41, 5.74) is 15.5. The number of hydrogen-bond acceptors (Lipinski definition) is 12. The molecule has 0 unspecified atom stereocenters. The molecule has 0 amide bonds. The molecule has 15 nitrogen and oxygen atoms in total. The van der Waals surface area contributed by atoms with E-state index in [1.165, 1.54) is 79.3 Å². The first-order valence-electron chi connectivity index (χ1n) is 34.0. The predicted molar refractivity (Wildman–Crippen MR) is 382 cm³/mol. The number of fused-ring (bicyclic) bond motifs is 3. The van der Waals surface area contributed by atoms with Gasteiger partial charge in [0.15, 0.2) is 0 Å². The van der Waals surface area contributed by atoms with Crippen molar-refractivity contribution >= 4 is 30.1 Å². The molecule has 6 heterocycles. The molecule has 7 aromatic carbocycles. The first-order valence-corrected chi connectivity index (χ1v) is 39.1. The summed E-state index contributed by atoms with van der Waals surface area (Å²) in [6.07, 6.45) is 8.22. The lowest BCUT2D eigenvalue weighted by Gasteiger charge is -2.57. The molecule has 0 radical (unpaired) electrons. The van der Waals surface area contributed by atoms with Crippen LogP contribution in [0.1, 0.15) is 95.2 Å². The van der Waals surface area contributed by atoms with Gasteiger partial charge in [-0.05, 0) is 159 Å². The highest BCUT2D eigenvalue weighted by molar-refractivity contribution is 7.89. The Labute approximate surface area is 566 Å². The van der Waals surface area contributed by atoms with E-state index in [0.717, 1.165) is 63.7 Å². The number of aryl methyl sites for hydroxylation is 4. The van der Waals surface area contributed by atoms with Gasteiger partial charge >= 0.3 is 0 Å². The van der Waals surface area contributed by atoms with Crippen molar-refractivity contribution in [1.29, 1.82) is 0 Å². The first kappa shape index (κ1) is 70.4. The van der Waals surface area contributed by atoms with Crippen LogP contribution in [0.15, 0.2) is 175 Å². The lowest BCUT2D eigenvalue weighted by atomic mass is 9.74. The molecule has 95 heavy (non-hydrogen) atoms. The van der Waals surface area contributed by atoms with E-state index < -0.39 is 30.1 Å². The van der Waals surface area contributed by atoms with Crippen LogP contribution >= 0.6 is 0 Å². The number of rotatable bonds is 15. The zero-order valence-electron chi connectivity index (χ0n) is 56.7. The minimum absolute atomic E-state index is 0.0591. The highest BCUT2D eigenvalue weighted by Gasteiger charge is 2.53.